The fourth-order valence-corrected chi connectivity index (χ4v) is 4.62. The largest absolute Gasteiger partial charge is 0.376 e. The molecule has 1 aliphatic heterocycles. The second-order valence-corrected chi connectivity index (χ2v) is 7.50. The first-order valence-electron chi connectivity index (χ1n) is 7.82. The highest BCUT2D eigenvalue weighted by atomic mass is 35.5. The average molecular weight is 396 g/mol. The number of nitrogens with one attached hydrogen (secondary N) is 1. The Labute approximate surface area is 159 Å². The molecule has 2 aromatic rings. The highest BCUT2D eigenvalue weighted by Crippen LogP contribution is 2.54. The van der Waals surface area contributed by atoms with Crippen LogP contribution in [0, 0.1) is 16.0 Å². The summed E-state index contributed by atoms with van der Waals surface area (Å²) in [5.74, 6) is 0.0513. The van der Waals surface area contributed by atoms with Crippen molar-refractivity contribution in [2.75, 3.05) is 5.32 Å². The molecule has 7 heteroatoms. The van der Waals surface area contributed by atoms with E-state index in [0.29, 0.717) is 26.3 Å². The normalized spacial score (nSPS) is 23.7. The molecule has 128 valence electrons. The minimum atomic E-state index is -0.352. The first-order valence-corrected chi connectivity index (χ1v) is 8.95. The lowest BCUT2D eigenvalue weighted by Crippen LogP contribution is -2.30. The van der Waals surface area contributed by atoms with Crippen molar-refractivity contribution in [3.63, 3.8) is 0 Å². The van der Waals surface area contributed by atoms with Gasteiger partial charge in [0.25, 0.3) is 5.69 Å². The fraction of sp³-hybridized carbons (Fsp3) is 0.222. The Bertz CT molecular complexity index is 913. The molecular formula is C18H13Cl3N2O2. The zero-order chi connectivity index (χ0) is 17.7. The van der Waals surface area contributed by atoms with Gasteiger partial charge < -0.3 is 5.32 Å². The Morgan fingerprint density at radius 3 is 2.64 bits per heavy atom. The summed E-state index contributed by atoms with van der Waals surface area (Å²) in [6, 6.07) is 8.34. The Morgan fingerprint density at radius 2 is 1.92 bits per heavy atom. The van der Waals surface area contributed by atoms with Crippen molar-refractivity contribution in [2.24, 2.45) is 5.92 Å². The van der Waals surface area contributed by atoms with Crippen LogP contribution in [-0.4, -0.2) is 4.92 Å². The van der Waals surface area contributed by atoms with Crippen LogP contribution in [0.3, 0.4) is 0 Å². The van der Waals surface area contributed by atoms with E-state index < -0.39 is 0 Å². The molecule has 0 fully saturated rings. The Kier molecular flexibility index (Phi) is 4.14. The van der Waals surface area contributed by atoms with Crippen LogP contribution in [-0.2, 0) is 0 Å². The summed E-state index contributed by atoms with van der Waals surface area (Å²) < 4.78 is 0. The summed E-state index contributed by atoms with van der Waals surface area (Å²) in [7, 11) is 0. The minimum Gasteiger partial charge on any atom is -0.376 e. The number of benzene rings is 2. The van der Waals surface area contributed by atoms with Crippen molar-refractivity contribution in [3.05, 3.63) is 78.8 Å². The molecule has 1 aliphatic carbocycles. The maximum Gasteiger partial charge on any atom is 0.275 e. The molecule has 0 aromatic heterocycles. The average Bonchev–Trinajstić information content (AvgIpc) is 3.04. The van der Waals surface area contributed by atoms with E-state index >= 15 is 0 Å². The lowest BCUT2D eigenvalue weighted by molar-refractivity contribution is -0.385. The molecule has 2 aliphatic rings. The van der Waals surface area contributed by atoms with Crippen molar-refractivity contribution < 1.29 is 4.92 Å². The van der Waals surface area contributed by atoms with Gasteiger partial charge in [-0.2, -0.15) is 0 Å². The third-order valence-electron chi connectivity index (χ3n) is 4.94. The molecule has 0 radical (unpaired) electrons. The van der Waals surface area contributed by atoms with Gasteiger partial charge in [0.2, 0.25) is 0 Å². The first kappa shape index (κ1) is 16.7. The van der Waals surface area contributed by atoms with Gasteiger partial charge in [-0.1, -0.05) is 53.0 Å². The van der Waals surface area contributed by atoms with E-state index in [1.54, 1.807) is 18.2 Å². The summed E-state index contributed by atoms with van der Waals surface area (Å²) in [4.78, 5) is 11.1. The molecule has 4 rings (SSSR count). The second kappa shape index (κ2) is 6.20. The van der Waals surface area contributed by atoms with Gasteiger partial charge >= 0.3 is 0 Å². The summed E-state index contributed by atoms with van der Waals surface area (Å²) in [5.41, 5.74) is 2.27. The van der Waals surface area contributed by atoms with Gasteiger partial charge in [-0.25, -0.2) is 0 Å². The lowest BCUT2D eigenvalue weighted by Gasteiger charge is -2.37. The van der Waals surface area contributed by atoms with Crippen molar-refractivity contribution in [1.82, 2.24) is 0 Å². The van der Waals surface area contributed by atoms with Crippen molar-refractivity contribution >= 4 is 46.2 Å². The van der Waals surface area contributed by atoms with Crippen molar-refractivity contribution in [1.29, 1.82) is 0 Å². The van der Waals surface area contributed by atoms with Gasteiger partial charge in [-0.3, -0.25) is 10.1 Å². The number of anilines is 1. The number of nitrogens with zero attached hydrogens (tertiary/aromatic N) is 1. The molecule has 1 N–H and O–H groups in total. The third kappa shape index (κ3) is 2.69. The van der Waals surface area contributed by atoms with Crippen LogP contribution >= 0.6 is 34.8 Å². The predicted octanol–water partition coefficient (Wildman–Crippen LogP) is 6.38. The Morgan fingerprint density at radius 1 is 1.12 bits per heavy atom. The fourth-order valence-electron chi connectivity index (χ4n) is 3.88. The van der Waals surface area contributed by atoms with Gasteiger partial charge in [0, 0.05) is 22.0 Å². The first-order chi connectivity index (χ1) is 12.0. The van der Waals surface area contributed by atoms with Crippen LogP contribution < -0.4 is 5.32 Å². The molecule has 25 heavy (non-hydrogen) atoms. The smallest absolute Gasteiger partial charge is 0.275 e. The molecule has 2 aromatic carbocycles. The zero-order valence-corrected chi connectivity index (χ0v) is 15.1. The maximum atomic E-state index is 11.5. The summed E-state index contributed by atoms with van der Waals surface area (Å²) in [6.07, 6.45) is 4.91. The number of hydrogen-bond donors (Lipinski definition) is 1. The number of halogens is 3. The van der Waals surface area contributed by atoms with E-state index in [-0.39, 0.29) is 28.5 Å². The van der Waals surface area contributed by atoms with Gasteiger partial charge in [0.1, 0.15) is 0 Å². The third-order valence-corrected chi connectivity index (χ3v) is 5.82. The molecule has 1 heterocycles. The molecule has 0 spiro atoms. The lowest BCUT2D eigenvalue weighted by atomic mass is 9.76. The van der Waals surface area contributed by atoms with E-state index in [0.717, 1.165) is 12.0 Å². The maximum absolute atomic E-state index is 11.5. The summed E-state index contributed by atoms with van der Waals surface area (Å²) >= 11 is 18.8. The standard InChI is InChI=1S/C18H13Cl3N2O2/c19-9-4-5-12(14(21)8-9)17-11-3-1-2-10(11)16-15(23(24)25)7-6-13(20)18(16)22-17/h1-2,4-8,10-11,17,22H,3H2/t10-,11+,17-/m1/s1. The molecule has 0 saturated carbocycles. The highest BCUT2D eigenvalue weighted by molar-refractivity contribution is 6.35. The van der Waals surface area contributed by atoms with Gasteiger partial charge in [-0.15, -0.1) is 0 Å². The number of fused-ring (bicyclic) bond motifs is 3. The van der Waals surface area contributed by atoms with Crippen LogP contribution in [0.1, 0.15) is 29.5 Å². The molecule has 0 amide bonds. The van der Waals surface area contributed by atoms with Crippen LogP contribution in [0.5, 0.6) is 0 Å². The summed E-state index contributed by atoms with van der Waals surface area (Å²) in [5, 5.41) is 16.5. The number of nitro groups is 1. The van der Waals surface area contributed by atoms with Crippen LogP contribution in [0.2, 0.25) is 15.1 Å². The Balaban J connectivity index is 1.89. The van der Waals surface area contributed by atoms with E-state index in [9.17, 15) is 10.1 Å². The van der Waals surface area contributed by atoms with Crippen molar-refractivity contribution in [3.8, 4) is 0 Å². The van der Waals surface area contributed by atoms with E-state index in [2.05, 4.69) is 11.4 Å². The molecule has 0 saturated heterocycles. The van der Waals surface area contributed by atoms with Gasteiger partial charge in [0.15, 0.2) is 0 Å². The number of nitro benzene ring substituents is 1. The van der Waals surface area contributed by atoms with Crippen molar-refractivity contribution in [2.45, 2.75) is 18.4 Å². The molecule has 0 bridgehead atoms. The zero-order valence-electron chi connectivity index (χ0n) is 12.9. The predicted molar refractivity (Wildman–Crippen MR) is 101 cm³/mol. The molecular weight excluding hydrogens is 383 g/mol. The van der Waals surface area contributed by atoms with Crippen LogP contribution in [0.4, 0.5) is 11.4 Å². The number of allylic oxidation sites excluding steroid dienone is 2. The molecule has 4 nitrogen and oxygen atoms in total. The summed E-state index contributed by atoms with van der Waals surface area (Å²) in [6.45, 7) is 0. The number of rotatable bonds is 2. The molecule has 3 atom stereocenters. The van der Waals surface area contributed by atoms with Crippen LogP contribution in [0.25, 0.3) is 0 Å². The highest BCUT2D eigenvalue weighted by Gasteiger charge is 2.42. The molecule has 0 unspecified atom stereocenters. The monoisotopic (exact) mass is 394 g/mol. The van der Waals surface area contributed by atoms with E-state index in [4.69, 9.17) is 34.8 Å². The second-order valence-electron chi connectivity index (χ2n) is 6.25. The van der Waals surface area contributed by atoms with Gasteiger partial charge in [0.05, 0.1) is 27.2 Å². The Hall–Kier alpha value is -1.75. The van der Waals surface area contributed by atoms with E-state index in [1.807, 2.05) is 12.1 Å². The number of hydrogen-bond acceptors (Lipinski definition) is 3. The van der Waals surface area contributed by atoms with E-state index in [1.165, 1.54) is 6.07 Å². The van der Waals surface area contributed by atoms with Crippen LogP contribution in [0.15, 0.2) is 42.5 Å². The topological polar surface area (TPSA) is 55.2 Å². The minimum absolute atomic E-state index is 0.0768. The quantitative estimate of drug-likeness (QED) is 0.364. The SMILES string of the molecule is O=[N+]([O-])c1ccc(Cl)c2c1[C@@H]1C=CC[C@@H]1[C@H](c1ccc(Cl)cc1Cl)N2. The van der Waals surface area contributed by atoms with Gasteiger partial charge in [-0.05, 0) is 36.1 Å².